The van der Waals surface area contributed by atoms with Crippen LogP contribution in [-0.2, 0) is 6.54 Å². The molecule has 5 rings (SSSR count). The topological polar surface area (TPSA) is 88.6 Å². The van der Waals surface area contributed by atoms with Gasteiger partial charge in [0, 0.05) is 18.2 Å². The number of benzene rings is 2. The molecule has 2 N–H and O–H groups in total. The summed E-state index contributed by atoms with van der Waals surface area (Å²) in [4.78, 5) is 31.3. The first kappa shape index (κ1) is 23.6. The van der Waals surface area contributed by atoms with Crippen LogP contribution in [0.1, 0.15) is 48.0 Å². The minimum Gasteiger partial charge on any atom is -0.454 e. The van der Waals surface area contributed by atoms with E-state index in [2.05, 4.69) is 15.2 Å². The number of hydrogen-bond donors (Lipinski definition) is 2. The van der Waals surface area contributed by atoms with Crippen LogP contribution in [0.2, 0.25) is 0 Å². The summed E-state index contributed by atoms with van der Waals surface area (Å²) in [7, 11) is 0. The number of carbonyl (C=O) groups is 1. The Kier molecular flexibility index (Phi) is 7.15. The molecule has 0 saturated carbocycles. The maximum Gasteiger partial charge on any atom is 0.262 e. The molecule has 0 unspecified atom stereocenters. The standard InChI is InChI=1S/C26H30N4O4S/c31-24(27-10-5-13-29-11-3-1-2-4-12-29)19-8-6-18(7-9-19)16-30-25(32)20-14-22-23(34-17-33-22)15-21(20)28-26(30)35/h6-9,14-15H,1-5,10-13,16-17H2,(H,27,31)(H,28,35). The molecule has 0 aliphatic carbocycles. The van der Waals surface area contributed by atoms with Crippen molar-refractivity contribution < 1.29 is 14.3 Å². The zero-order chi connectivity index (χ0) is 24.2. The van der Waals surface area contributed by atoms with Crippen LogP contribution >= 0.6 is 12.2 Å². The highest BCUT2D eigenvalue weighted by Crippen LogP contribution is 2.34. The summed E-state index contributed by atoms with van der Waals surface area (Å²) in [5.74, 6) is 1.06. The van der Waals surface area contributed by atoms with E-state index in [0.717, 1.165) is 18.5 Å². The molecule has 0 radical (unpaired) electrons. The van der Waals surface area contributed by atoms with Gasteiger partial charge < -0.3 is 24.7 Å². The maximum atomic E-state index is 13.1. The molecular formula is C26H30N4O4S. The number of nitrogens with zero attached hydrogens (tertiary/aromatic N) is 2. The Balaban J connectivity index is 1.20. The molecule has 1 saturated heterocycles. The number of rotatable bonds is 7. The lowest BCUT2D eigenvalue weighted by Gasteiger charge is -2.19. The molecule has 35 heavy (non-hydrogen) atoms. The van der Waals surface area contributed by atoms with Gasteiger partial charge in [0.25, 0.3) is 11.5 Å². The van der Waals surface area contributed by atoms with Crippen molar-refractivity contribution in [2.75, 3.05) is 33.0 Å². The summed E-state index contributed by atoms with van der Waals surface area (Å²) in [5, 5.41) is 3.50. The minimum atomic E-state index is -0.201. The molecule has 0 spiro atoms. The molecule has 9 heteroatoms. The lowest BCUT2D eigenvalue weighted by molar-refractivity contribution is 0.0951. The van der Waals surface area contributed by atoms with Gasteiger partial charge in [-0.1, -0.05) is 25.0 Å². The van der Waals surface area contributed by atoms with E-state index >= 15 is 0 Å². The fourth-order valence-corrected chi connectivity index (χ4v) is 4.95. The largest absolute Gasteiger partial charge is 0.454 e. The van der Waals surface area contributed by atoms with E-state index in [4.69, 9.17) is 21.7 Å². The van der Waals surface area contributed by atoms with Crippen LogP contribution in [0, 0.1) is 4.77 Å². The Bertz CT molecular complexity index is 1320. The van der Waals surface area contributed by atoms with E-state index in [1.165, 1.54) is 43.3 Å². The Morgan fingerprint density at radius 1 is 1.03 bits per heavy atom. The van der Waals surface area contributed by atoms with Gasteiger partial charge in [-0.2, -0.15) is 0 Å². The van der Waals surface area contributed by atoms with Gasteiger partial charge in [-0.25, -0.2) is 0 Å². The minimum absolute atomic E-state index is 0.0799. The number of aromatic nitrogens is 2. The van der Waals surface area contributed by atoms with Gasteiger partial charge in [0.1, 0.15) is 0 Å². The molecule has 2 aliphatic heterocycles. The fraction of sp³-hybridized carbons (Fsp3) is 0.423. The molecule has 184 valence electrons. The van der Waals surface area contributed by atoms with E-state index in [0.29, 0.717) is 45.8 Å². The molecular weight excluding hydrogens is 464 g/mol. The molecule has 3 heterocycles. The van der Waals surface area contributed by atoms with Gasteiger partial charge in [0.15, 0.2) is 16.3 Å². The molecule has 1 aromatic heterocycles. The summed E-state index contributed by atoms with van der Waals surface area (Å²) in [6.45, 7) is 4.47. The molecule has 1 amide bonds. The van der Waals surface area contributed by atoms with Crippen molar-refractivity contribution in [3.05, 3.63) is 62.6 Å². The summed E-state index contributed by atoms with van der Waals surface area (Å²) < 4.78 is 12.6. The second-order valence-corrected chi connectivity index (χ2v) is 9.52. The second-order valence-electron chi connectivity index (χ2n) is 9.13. The molecule has 0 bridgehead atoms. The number of likely N-dealkylation sites (tertiary alicyclic amines) is 1. The smallest absolute Gasteiger partial charge is 0.262 e. The van der Waals surface area contributed by atoms with E-state index in [1.54, 1.807) is 24.3 Å². The number of H-pyrrole nitrogens is 1. The van der Waals surface area contributed by atoms with Crippen LogP contribution in [-0.4, -0.2) is 53.3 Å². The zero-order valence-electron chi connectivity index (χ0n) is 19.7. The number of carbonyl (C=O) groups excluding carboxylic acids is 1. The van der Waals surface area contributed by atoms with Crippen molar-refractivity contribution >= 4 is 29.0 Å². The first-order valence-corrected chi connectivity index (χ1v) is 12.7. The average Bonchev–Trinajstić information content (AvgIpc) is 3.16. The van der Waals surface area contributed by atoms with E-state index in [-0.39, 0.29) is 18.3 Å². The summed E-state index contributed by atoms with van der Waals surface area (Å²) in [6, 6.07) is 10.7. The number of hydrogen-bond acceptors (Lipinski definition) is 6. The first-order valence-electron chi connectivity index (χ1n) is 12.2. The van der Waals surface area contributed by atoms with Gasteiger partial charge in [-0.05, 0) is 74.9 Å². The Hall–Kier alpha value is -3.17. The van der Waals surface area contributed by atoms with Crippen molar-refractivity contribution in [3.63, 3.8) is 0 Å². The summed E-state index contributed by atoms with van der Waals surface area (Å²) in [6.07, 6.45) is 6.17. The Morgan fingerprint density at radius 2 is 1.74 bits per heavy atom. The van der Waals surface area contributed by atoms with E-state index in [1.807, 2.05) is 12.1 Å². The number of amides is 1. The first-order chi connectivity index (χ1) is 17.1. The third kappa shape index (κ3) is 5.41. The number of ether oxygens (including phenoxy) is 2. The second kappa shape index (κ2) is 10.6. The van der Waals surface area contributed by atoms with Crippen molar-refractivity contribution in [3.8, 4) is 11.5 Å². The fourth-order valence-electron chi connectivity index (χ4n) is 4.70. The predicted molar refractivity (Wildman–Crippen MR) is 137 cm³/mol. The van der Waals surface area contributed by atoms with Crippen LogP contribution in [0.15, 0.2) is 41.2 Å². The van der Waals surface area contributed by atoms with E-state index in [9.17, 15) is 9.59 Å². The van der Waals surface area contributed by atoms with Crippen molar-refractivity contribution in [1.29, 1.82) is 0 Å². The number of aromatic amines is 1. The van der Waals surface area contributed by atoms with Gasteiger partial charge in [-0.3, -0.25) is 14.2 Å². The lowest BCUT2D eigenvalue weighted by Crippen LogP contribution is -2.30. The summed E-state index contributed by atoms with van der Waals surface area (Å²) in [5.41, 5.74) is 1.90. The monoisotopic (exact) mass is 494 g/mol. The normalized spacial score (nSPS) is 15.8. The highest BCUT2D eigenvalue weighted by Gasteiger charge is 2.17. The molecule has 0 atom stereocenters. The van der Waals surface area contributed by atoms with Crippen molar-refractivity contribution in [2.45, 2.75) is 38.6 Å². The van der Waals surface area contributed by atoms with Crippen molar-refractivity contribution in [2.24, 2.45) is 0 Å². The highest BCUT2D eigenvalue weighted by molar-refractivity contribution is 7.71. The number of fused-ring (bicyclic) bond motifs is 2. The Morgan fingerprint density at radius 3 is 2.49 bits per heavy atom. The lowest BCUT2D eigenvalue weighted by atomic mass is 10.1. The number of nitrogens with one attached hydrogen (secondary N) is 2. The molecule has 8 nitrogen and oxygen atoms in total. The SMILES string of the molecule is O=C(NCCCN1CCCCCC1)c1ccc(Cn2c(=S)[nH]c3cc4c(cc3c2=O)OCO4)cc1. The maximum absolute atomic E-state index is 13.1. The van der Waals surface area contributed by atoms with Crippen LogP contribution < -0.4 is 20.3 Å². The van der Waals surface area contributed by atoms with Gasteiger partial charge in [-0.15, -0.1) is 0 Å². The van der Waals surface area contributed by atoms with Gasteiger partial charge >= 0.3 is 0 Å². The van der Waals surface area contributed by atoms with Gasteiger partial charge in [0.05, 0.1) is 17.4 Å². The highest BCUT2D eigenvalue weighted by atomic mass is 32.1. The van der Waals surface area contributed by atoms with E-state index < -0.39 is 0 Å². The van der Waals surface area contributed by atoms with Crippen LogP contribution in [0.5, 0.6) is 11.5 Å². The predicted octanol–water partition coefficient (Wildman–Crippen LogP) is 3.83. The van der Waals surface area contributed by atoms with Crippen molar-refractivity contribution in [1.82, 2.24) is 19.8 Å². The summed E-state index contributed by atoms with van der Waals surface area (Å²) >= 11 is 5.44. The zero-order valence-corrected chi connectivity index (χ0v) is 20.5. The molecule has 2 aromatic carbocycles. The quantitative estimate of drug-likeness (QED) is 0.383. The van der Waals surface area contributed by atoms with Gasteiger partial charge in [0.2, 0.25) is 6.79 Å². The Labute approximate surface area is 208 Å². The van der Waals surface area contributed by atoms with Crippen LogP contribution in [0.4, 0.5) is 0 Å². The molecule has 2 aliphatic rings. The van der Waals surface area contributed by atoms with Crippen LogP contribution in [0.3, 0.4) is 0 Å². The third-order valence-corrected chi connectivity index (χ3v) is 6.99. The van der Waals surface area contributed by atoms with Crippen LogP contribution in [0.25, 0.3) is 10.9 Å². The molecule has 1 fully saturated rings. The average molecular weight is 495 g/mol. The third-order valence-electron chi connectivity index (χ3n) is 6.67. The molecule has 3 aromatic rings.